The molecule has 0 aliphatic carbocycles. The SMILES string of the molecule is CCc1nc(N2Cc3cc(-c4cnc(OC)c(OC)c4)ccc3C2O)n[nH]1. The number of nitrogens with one attached hydrogen (secondary N) is 1. The van der Waals surface area contributed by atoms with Gasteiger partial charge in [-0.25, -0.2) is 4.98 Å². The van der Waals surface area contributed by atoms with E-state index in [1.807, 2.05) is 25.1 Å². The number of methoxy groups -OCH3 is 2. The molecule has 4 rings (SSSR count). The zero-order valence-electron chi connectivity index (χ0n) is 15.4. The second-order valence-corrected chi connectivity index (χ2v) is 6.29. The van der Waals surface area contributed by atoms with Crippen molar-refractivity contribution in [1.82, 2.24) is 20.2 Å². The fraction of sp³-hybridized carbons (Fsp3) is 0.316. The number of rotatable bonds is 5. The largest absolute Gasteiger partial charge is 0.491 e. The Balaban J connectivity index is 1.65. The average Bonchev–Trinajstić information content (AvgIpc) is 3.31. The molecule has 1 aliphatic heterocycles. The predicted molar refractivity (Wildman–Crippen MR) is 99.7 cm³/mol. The number of nitrogens with zero attached hydrogens (tertiary/aromatic N) is 4. The van der Waals surface area contributed by atoms with Crippen LogP contribution in [0.1, 0.15) is 30.1 Å². The minimum Gasteiger partial charge on any atom is -0.491 e. The number of hydrogen-bond donors (Lipinski definition) is 2. The van der Waals surface area contributed by atoms with Crippen molar-refractivity contribution < 1.29 is 14.6 Å². The lowest BCUT2D eigenvalue weighted by molar-refractivity contribution is 0.180. The molecule has 3 aromatic rings. The summed E-state index contributed by atoms with van der Waals surface area (Å²) in [5.74, 6) is 2.32. The van der Waals surface area contributed by atoms with Crippen LogP contribution in [-0.4, -0.2) is 39.5 Å². The quantitative estimate of drug-likeness (QED) is 0.715. The second kappa shape index (κ2) is 6.88. The van der Waals surface area contributed by atoms with Gasteiger partial charge < -0.3 is 19.5 Å². The van der Waals surface area contributed by atoms with Gasteiger partial charge in [-0.15, -0.1) is 5.10 Å². The van der Waals surface area contributed by atoms with Crippen molar-refractivity contribution in [3.8, 4) is 22.8 Å². The lowest BCUT2D eigenvalue weighted by Gasteiger charge is -2.18. The van der Waals surface area contributed by atoms with E-state index in [1.165, 1.54) is 0 Å². The number of aliphatic hydroxyl groups is 1. The number of aliphatic hydroxyl groups excluding tert-OH is 1. The molecule has 1 unspecified atom stereocenters. The minimum atomic E-state index is -0.766. The Morgan fingerprint density at radius 2 is 2.07 bits per heavy atom. The van der Waals surface area contributed by atoms with Crippen LogP contribution in [-0.2, 0) is 13.0 Å². The molecule has 0 fully saturated rings. The number of hydrogen-bond acceptors (Lipinski definition) is 7. The van der Waals surface area contributed by atoms with E-state index in [2.05, 4.69) is 26.2 Å². The van der Waals surface area contributed by atoms with Crippen LogP contribution in [0.15, 0.2) is 30.5 Å². The van der Waals surface area contributed by atoms with E-state index in [0.717, 1.165) is 34.5 Å². The zero-order valence-corrected chi connectivity index (χ0v) is 15.4. The topological polar surface area (TPSA) is 96.4 Å². The molecular formula is C19H21N5O3. The third-order valence-corrected chi connectivity index (χ3v) is 4.73. The van der Waals surface area contributed by atoms with Crippen LogP contribution in [0.2, 0.25) is 0 Å². The molecular weight excluding hydrogens is 346 g/mol. The molecule has 1 aliphatic rings. The maximum atomic E-state index is 10.7. The number of aromatic amines is 1. The van der Waals surface area contributed by atoms with Gasteiger partial charge in [0.1, 0.15) is 5.82 Å². The third kappa shape index (κ3) is 2.97. The fourth-order valence-electron chi connectivity index (χ4n) is 3.25. The first-order chi connectivity index (χ1) is 13.1. The Morgan fingerprint density at radius 1 is 1.22 bits per heavy atom. The van der Waals surface area contributed by atoms with Gasteiger partial charge in [0.2, 0.25) is 5.95 Å². The maximum absolute atomic E-state index is 10.7. The molecule has 0 saturated carbocycles. The van der Waals surface area contributed by atoms with E-state index in [-0.39, 0.29) is 0 Å². The van der Waals surface area contributed by atoms with Gasteiger partial charge in [0, 0.05) is 30.3 Å². The van der Waals surface area contributed by atoms with E-state index >= 15 is 0 Å². The molecule has 8 nitrogen and oxygen atoms in total. The Bertz CT molecular complexity index is 972. The Hall–Kier alpha value is -3.13. The molecule has 3 heterocycles. The summed E-state index contributed by atoms with van der Waals surface area (Å²) in [6.45, 7) is 2.54. The Kier molecular flexibility index (Phi) is 4.41. The van der Waals surface area contributed by atoms with Crippen LogP contribution in [0.5, 0.6) is 11.6 Å². The lowest BCUT2D eigenvalue weighted by atomic mass is 10.0. The number of anilines is 1. The summed E-state index contributed by atoms with van der Waals surface area (Å²) in [5.41, 5.74) is 3.78. The smallest absolute Gasteiger partial charge is 0.256 e. The highest BCUT2D eigenvalue weighted by Gasteiger charge is 2.31. The van der Waals surface area contributed by atoms with Crippen molar-refractivity contribution in [2.75, 3.05) is 19.1 Å². The maximum Gasteiger partial charge on any atom is 0.256 e. The van der Waals surface area contributed by atoms with Gasteiger partial charge in [-0.2, -0.15) is 4.98 Å². The zero-order chi connectivity index (χ0) is 19.0. The Labute approximate surface area is 156 Å². The molecule has 0 amide bonds. The molecule has 8 heteroatoms. The first-order valence-electron chi connectivity index (χ1n) is 8.71. The van der Waals surface area contributed by atoms with Crippen LogP contribution in [0.3, 0.4) is 0 Å². The van der Waals surface area contributed by atoms with Crippen molar-refractivity contribution in [3.05, 3.63) is 47.4 Å². The molecule has 2 N–H and O–H groups in total. The van der Waals surface area contributed by atoms with Crippen LogP contribution in [0.25, 0.3) is 11.1 Å². The molecule has 2 aromatic heterocycles. The fourth-order valence-corrected chi connectivity index (χ4v) is 3.25. The molecule has 0 spiro atoms. The van der Waals surface area contributed by atoms with E-state index < -0.39 is 6.23 Å². The summed E-state index contributed by atoms with van der Waals surface area (Å²) in [7, 11) is 3.14. The van der Waals surface area contributed by atoms with Crippen LogP contribution >= 0.6 is 0 Å². The highest BCUT2D eigenvalue weighted by Crippen LogP contribution is 2.37. The number of benzene rings is 1. The van der Waals surface area contributed by atoms with E-state index in [1.54, 1.807) is 25.3 Å². The van der Waals surface area contributed by atoms with Gasteiger partial charge in [0.05, 0.1) is 14.2 Å². The summed E-state index contributed by atoms with van der Waals surface area (Å²) in [6.07, 6.45) is 1.74. The number of aryl methyl sites for hydroxylation is 1. The van der Waals surface area contributed by atoms with Gasteiger partial charge in [0.15, 0.2) is 12.0 Å². The number of pyridine rings is 1. The summed E-state index contributed by atoms with van der Waals surface area (Å²) >= 11 is 0. The third-order valence-electron chi connectivity index (χ3n) is 4.73. The molecule has 0 radical (unpaired) electrons. The highest BCUT2D eigenvalue weighted by atomic mass is 16.5. The highest BCUT2D eigenvalue weighted by molar-refractivity contribution is 5.67. The first-order valence-corrected chi connectivity index (χ1v) is 8.71. The van der Waals surface area contributed by atoms with E-state index in [9.17, 15) is 5.11 Å². The summed E-state index contributed by atoms with van der Waals surface area (Å²) in [5, 5.41) is 17.8. The monoisotopic (exact) mass is 367 g/mol. The standard InChI is InChI=1S/C19H21N5O3/c1-4-16-21-19(23-22-16)24-10-13-7-11(5-6-14(13)18(24)25)12-8-15(26-2)17(27-3)20-9-12/h5-9,18,25H,4,10H2,1-3H3,(H,21,22,23). The van der Waals surface area contributed by atoms with Gasteiger partial charge >= 0.3 is 0 Å². The lowest BCUT2D eigenvalue weighted by Crippen LogP contribution is -2.22. The van der Waals surface area contributed by atoms with Crippen LogP contribution in [0, 0.1) is 0 Å². The molecule has 140 valence electrons. The van der Waals surface area contributed by atoms with Crippen LogP contribution < -0.4 is 14.4 Å². The number of fused-ring (bicyclic) bond motifs is 1. The summed E-state index contributed by atoms with van der Waals surface area (Å²) in [4.78, 5) is 10.5. The number of aromatic nitrogens is 4. The van der Waals surface area contributed by atoms with Gasteiger partial charge in [-0.1, -0.05) is 19.1 Å². The number of H-pyrrole nitrogens is 1. The molecule has 1 atom stereocenters. The number of ether oxygens (including phenoxy) is 2. The van der Waals surface area contributed by atoms with E-state index in [0.29, 0.717) is 24.1 Å². The Morgan fingerprint density at radius 3 is 2.78 bits per heavy atom. The molecule has 27 heavy (non-hydrogen) atoms. The molecule has 0 bridgehead atoms. The summed E-state index contributed by atoms with van der Waals surface area (Å²) < 4.78 is 10.5. The van der Waals surface area contributed by atoms with E-state index in [4.69, 9.17) is 9.47 Å². The van der Waals surface area contributed by atoms with Crippen molar-refractivity contribution >= 4 is 5.95 Å². The van der Waals surface area contributed by atoms with Gasteiger partial charge in [0.25, 0.3) is 5.88 Å². The second-order valence-electron chi connectivity index (χ2n) is 6.29. The minimum absolute atomic E-state index is 0.445. The first kappa shape index (κ1) is 17.3. The summed E-state index contributed by atoms with van der Waals surface area (Å²) in [6, 6.07) is 7.83. The van der Waals surface area contributed by atoms with Crippen molar-refractivity contribution in [1.29, 1.82) is 0 Å². The van der Waals surface area contributed by atoms with Gasteiger partial charge in [-0.3, -0.25) is 5.10 Å². The predicted octanol–water partition coefficient (Wildman–Crippen LogP) is 2.46. The molecule has 0 saturated heterocycles. The normalized spacial score (nSPS) is 15.7. The van der Waals surface area contributed by atoms with Crippen molar-refractivity contribution in [3.63, 3.8) is 0 Å². The van der Waals surface area contributed by atoms with Gasteiger partial charge in [-0.05, 0) is 23.3 Å². The van der Waals surface area contributed by atoms with Crippen LogP contribution in [0.4, 0.5) is 5.95 Å². The van der Waals surface area contributed by atoms with Crippen molar-refractivity contribution in [2.24, 2.45) is 0 Å². The average molecular weight is 367 g/mol. The van der Waals surface area contributed by atoms with Crippen molar-refractivity contribution in [2.45, 2.75) is 26.1 Å². The molecule has 1 aromatic carbocycles.